The first-order valence-electron chi connectivity index (χ1n) is 7.95. The number of carbonyl (C=O) groups excluding carboxylic acids is 1. The van der Waals surface area contributed by atoms with Crippen molar-refractivity contribution in [1.82, 2.24) is 10.3 Å². The fraction of sp³-hybridized carbons (Fsp3) is 0.333. The van der Waals surface area contributed by atoms with Crippen LogP contribution >= 0.6 is 11.3 Å². The Morgan fingerprint density at radius 3 is 3.00 bits per heavy atom. The molecule has 0 unspecified atom stereocenters. The van der Waals surface area contributed by atoms with E-state index >= 15 is 0 Å². The first-order chi connectivity index (χ1) is 11.8. The molecule has 3 rings (SSSR count). The third-order valence-electron chi connectivity index (χ3n) is 3.72. The smallest absolute Gasteiger partial charge is 0.270 e. The van der Waals surface area contributed by atoms with Crippen molar-refractivity contribution in [2.45, 2.75) is 18.9 Å². The molecule has 1 atom stereocenters. The van der Waals surface area contributed by atoms with Crippen molar-refractivity contribution in [3.05, 3.63) is 48.0 Å². The molecular weight excluding hydrogens is 324 g/mol. The number of nitrogens with zero attached hydrogens (tertiary/aromatic N) is 1. The largest absolute Gasteiger partial charge is 0.490 e. The topological polar surface area (TPSA) is 60.5 Å². The maximum Gasteiger partial charge on any atom is 0.270 e. The minimum absolute atomic E-state index is 0.134. The van der Waals surface area contributed by atoms with E-state index in [0.29, 0.717) is 18.8 Å². The van der Waals surface area contributed by atoms with Crippen LogP contribution < -0.4 is 10.1 Å². The molecule has 0 spiro atoms. The Morgan fingerprint density at radius 1 is 1.46 bits per heavy atom. The Morgan fingerprint density at radius 2 is 2.29 bits per heavy atom. The number of amides is 1. The van der Waals surface area contributed by atoms with Crippen molar-refractivity contribution < 1.29 is 14.3 Å². The van der Waals surface area contributed by atoms with Crippen LogP contribution in [0.1, 0.15) is 23.3 Å². The fourth-order valence-corrected chi connectivity index (χ4v) is 3.27. The maximum absolute atomic E-state index is 12.2. The molecule has 1 aromatic heterocycles. The molecule has 1 aromatic carbocycles. The molecule has 1 N–H and O–H groups in total. The Hall–Kier alpha value is -2.18. The highest BCUT2D eigenvalue weighted by Gasteiger charge is 2.18. The molecule has 1 aliphatic rings. The zero-order valence-corrected chi connectivity index (χ0v) is 14.2. The number of aromatic nitrogens is 1. The van der Waals surface area contributed by atoms with Crippen LogP contribution in [0.25, 0.3) is 10.6 Å². The lowest BCUT2D eigenvalue weighted by atomic mass is 10.2. The Kier molecular flexibility index (Phi) is 5.61. The summed E-state index contributed by atoms with van der Waals surface area (Å²) in [5, 5.41) is 5.48. The normalized spacial score (nSPS) is 16.8. The highest BCUT2D eigenvalue weighted by atomic mass is 32.1. The van der Waals surface area contributed by atoms with Gasteiger partial charge in [0.25, 0.3) is 5.91 Å². The van der Waals surface area contributed by atoms with Crippen LogP contribution in [0.5, 0.6) is 5.75 Å². The van der Waals surface area contributed by atoms with Gasteiger partial charge < -0.3 is 14.8 Å². The van der Waals surface area contributed by atoms with Gasteiger partial charge in [-0.1, -0.05) is 12.7 Å². The van der Waals surface area contributed by atoms with Gasteiger partial charge in [-0.05, 0) is 37.1 Å². The standard InChI is InChI=1S/C18H20N2O3S/c1-2-9-22-14-7-5-13(6-8-14)18-20-16(12-24-18)17(21)19-11-15-4-3-10-23-15/h2,5-8,12,15H,1,3-4,9-11H2,(H,19,21)/t15-/m1/s1. The van der Waals surface area contributed by atoms with Crippen LogP contribution in [0.2, 0.25) is 0 Å². The molecule has 0 saturated carbocycles. The van der Waals surface area contributed by atoms with Crippen LogP contribution in [0.15, 0.2) is 42.3 Å². The average Bonchev–Trinajstić information content (AvgIpc) is 3.30. The lowest BCUT2D eigenvalue weighted by molar-refractivity contribution is 0.0854. The number of carbonyl (C=O) groups is 1. The minimum Gasteiger partial charge on any atom is -0.490 e. The molecule has 24 heavy (non-hydrogen) atoms. The lowest BCUT2D eigenvalue weighted by Crippen LogP contribution is -2.31. The first-order valence-corrected chi connectivity index (χ1v) is 8.83. The number of hydrogen-bond acceptors (Lipinski definition) is 5. The van der Waals surface area contributed by atoms with Crippen molar-refractivity contribution >= 4 is 17.2 Å². The highest BCUT2D eigenvalue weighted by molar-refractivity contribution is 7.13. The van der Waals surface area contributed by atoms with Crippen LogP contribution in [-0.4, -0.2) is 36.8 Å². The van der Waals surface area contributed by atoms with Gasteiger partial charge in [0.1, 0.15) is 23.1 Å². The molecule has 2 aromatic rings. The van der Waals surface area contributed by atoms with E-state index in [4.69, 9.17) is 9.47 Å². The number of thiazole rings is 1. The number of benzene rings is 1. The van der Waals surface area contributed by atoms with Gasteiger partial charge in [-0.3, -0.25) is 4.79 Å². The molecule has 1 aliphatic heterocycles. The summed E-state index contributed by atoms with van der Waals surface area (Å²) in [5.41, 5.74) is 1.41. The summed E-state index contributed by atoms with van der Waals surface area (Å²) in [6.45, 7) is 5.43. The number of rotatable bonds is 7. The van der Waals surface area contributed by atoms with Gasteiger partial charge in [-0.25, -0.2) is 4.98 Å². The van der Waals surface area contributed by atoms with Crippen molar-refractivity contribution in [1.29, 1.82) is 0 Å². The molecule has 126 valence electrons. The second kappa shape index (κ2) is 8.08. The minimum atomic E-state index is -0.154. The summed E-state index contributed by atoms with van der Waals surface area (Å²) in [6, 6.07) is 7.64. The maximum atomic E-state index is 12.2. The van der Waals surface area contributed by atoms with Crippen LogP contribution in [-0.2, 0) is 4.74 Å². The fourth-order valence-electron chi connectivity index (χ4n) is 2.46. The predicted octanol–water partition coefficient (Wildman–Crippen LogP) is 3.28. The van der Waals surface area contributed by atoms with Crippen molar-refractivity contribution in [2.75, 3.05) is 19.8 Å². The van der Waals surface area contributed by atoms with Crippen molar-refractivity contribution in [3.8, 4) is 16.3 Å². The number of nitrogens with one attached hydrogen (secondary N) is 1. The van der Waals surface area contributed by atoms with Crippen LogP contribution in [0, 0.1) is 0 Å². The zero-order valence-electron chi connectivity index (χ0n) is 13.4. The monoisotopic (exact) mass is 344 g/mol. The van der Waals surface area contributed by atoms with E-state index in [9.17, 15) is 4.79 Å². The van der Waals surface area contributed by atoms with E-state index in [-0.39, 0.29) is 12.0 Å². The Labute approximate surface area is 145 Å². The van der Waals surface area contributed by atoms with E-state index in [1.807, 2.05) is 24.3 Å². The average molecular weight is 344 g/mol. The molecule has 1 amide bonds. The van der Waals surface area contributed by atoms with E-state index < -0.39 is 0 Å². The van der Waals surface area contributed by atoms with Gasteiger partial charge in [0.15, 0.2) is 0 Å². The second-order valence-corrected chi connectivity index (χ2v) is 6.37. The van der Waals surface area contributed by atoms with Crippen LogP contribution in [0.3, 0.4) is 0 Å². The third kappa shape index (κ3) is 4.21. The SMILES string of the molecule is C=CCOc1ccc(-c2nc(C(=O)NC[C@H]3CCCO3)cs2)cc1. The molecule has 0 aliphatic carbocycles. The molecule has 6 heteroatoms. The second-order valence-electron chi connectivity index (χ2n) is 5.51. The third-order valence-corrected chi connectivity index (χ3v) is 4.61. The van der Waals surface area contributed by atoms with E-state index in [0.717, 1.165) is 35.8 Å². The molecule has 2 heterocycles. The first kappa shape index (κ1) is 16.7. The van der Waals surface area contributed by atoms with Crippen LogP contribution in [0.4, 0.5) is 0 Å². The summed E-state index contributed by atoms with van der Waals surface area (Å²) >= 11 is 1.45. The summed E-state index contributed by atoms with van der Waals surface area (Å²) < 4.78 is 11.0. The summed E-state index contributed by atoms with van der Waals surface area (Å²) in [5.74, 6) is 0.628. The lowest BCUT2D eigenvalue weighted by Gasteiger charge is -2.09. The van der Waals surface area contributed by atoms with Gasteiger partial charge >= 0.3 is 0 Å². The predicted molar refractivity (Wildman–Crippen MR) is 94.5 cm³/mol. The van der Waals surface area contributed by atoms with Gasteiger partial charge in [0.05, 0.1) is 6.10 Å². The molecule has 1 saturated heterocycles. The Balaban J connectivity index is 1.59. The summed E-state index contributed by atoms with van der Waals surface area (Å²) in [7, 11) is 0. The van der Waals surface area contributed by atoms with Gasteiger partial charge in [0, 0.05) is 24.1 Å². The van der Waals surface area contributed by atoms with Gasteiger partial charge in [-0.2, -0.15) is 0 Å². The van der Waals surface area contributed by atoms with E-state index in [1.54, 1.807) is 11.5 Å². The molecule has 0 radical (unpaired) electrons. The van der Waals surface area contributed by atoms with Gasteiger partial charge in [0.2, 0.25) is 0 Å². The molecule has 0 bridgehead atoms. The van der Waals surface area contributed by atoms with Crippen molar-refractivity contribution in [2.24, 2.45) is 0 Å². The Bertz CT molecular complexity index is 691. The summed E-state index contributed by atoms with van der Waals surface area (Å²) in [4.78, 5) is 16.6. The number of hydrogen-bond donors (Lipinski definition) is 1. The molecule has 1 fully saturated rings. The molecule has 5 nitrogen and oxygen atoms in total. The van der Waals surface area contributed by atoms with Crippen molar-refractivity contribution in [3.63, 3.8) is 0 Å². The quantitative estimate of drug-likeness (QED) is 0.783. The number of ether oxygens (including phenoxy) is 2. The molecular formula is C18H20N2O3S. The van der Waals surface area contributed by atoms with E-state index in [1.165, 1.54) is 11.3 Å². The van der Waals surface area contributed by atoms with Gasteiger partial charge in [-0.15, -0.1) is 11.3 Å². The highest BCUT2D eigenvalue weighted by Crippen LogP contribution is 2.25. The summed E-state index contributed by atoms with van der Waals surface area (Å²) in [6.07, 6.45) is 3.91. The van der Waals surface area contributed by atoms with E-state index in [2.05, 4.69) is 16.9 Å². The zero-order chi connectivity index (χ0) is 16.8.